The minimum Gasteiger partial charge on any atom is -0.494 e. The summed E-state index contributed by atoms with van der Waals surface area (Å²) in [5, 5.41) is 0. The van der Waals surface area contributed by atoms with Gasteiger partial charge in [-0.1, -0.05) is 30.3 Å². The largest absolute Gasteiger partial charge is 0.494 e. The van der Waals surface area contributed by atoms with Crippen LogP contribution in [0.4, 0.5) is 10.1 Å². The average Bonchev–Trinajstić information content (AvgIpc) is 2.58. The summed E-state index contributed by atoms with van der Waals surface area (Å²) in [6.45, 7) is 7.10. The van der Waals surface area contributed by atoms with E-state index < -0.39 is 0 Å². The van der Waals surface area contributed by atoms with Gasteiger partial charge in [0, 0.05) is 38.3 Å². The highest BCUT2D eigenvalue weighted by molar-refractivity contribution is 5.48. The number of rotatable bonds is 5. The molecule has 1 fully saturated rings. The number of ether oxygens (including phenoxy) is 1. The summed E-state index contributed by atoms with van der Waals surface area (Å²) in [6.07, 6.45) is 0. The van der Waals surface area contributed by atoms with Crippen LogP contribution in [0.3, 0.4) is 0 Å². The van der Waals surface area contributed by atoms with Crippen LogP contribution < -0.4 is 9.64 Å². The lowest BCUT2D eigenvalue weighted by molar-refractivity contribution is 0.243. The van der Waals surface area contributed by atoms with Crippen molar-refractivity contribution in [2.75, 3.05) is 37.7 Å². The van der Waals surface area contributed by atoms with E-state index in [0.29, 0.717) is 12.3 Å². The molecule has 2 aromatic rings. The average molecular weight is 314 g/mol. The fourth-order valence-electron chi connectivity index (χ4n) is 3.03. The summed E-state index contributed by atoms with van der Waals surface area (Å²) < 4.78 is 19.6. The van der Waals surface area contributed by atoms with Crippen LogP contribution in [0.15, 0.2) is 48.5 Å². The van der Waals surface area contributed by atoms with Crippen molar-refractivity contribution in [1.82, 2.24) is 4.90 Å². The number of benzene rings is 2. The molecule has 0 aliphatic carbocycles. The molecule has 1 heterocycles. The predicted octanol–water partition coefficient (Wildman–Crippen LogP) is 3.55. The monoisotopic (exact) mass is 314 g/mol. The Bertz CT molecular complexity index is 639. The van der Waals surface area contributed by atoms with Gasteiger partial charge in [0.25, 0.3) is 0 Å². The number of hydrogen-bond donors (Lipinski definition) is 0. The van der Waals surface area contributed by atoms with Gasteiger partial charge in [0.05, 0.1) is 12.3 Å². The zero-order valence-corrected chi connectivity index (χ0v) is 13.5. The van der Waals surface area contributed by atoms with E-state index in [1.807, 2.05) is 37.3 Å². The zero-order chi connectivity index (χ0) is 16.1. The Balaban J connectivity index is 1.61. The molecule has 0 N–H and O–H groups in total. The molecule has 23 heavy (non-hydrogen) atoms. The normalized spacial score (nSPS) is 15.7. The molecule has 2 aromatic carbocycles. The summed E-state index contributed by atoms with van der Waals surface area (Å²) in [7, 11) is 0. The number of hydrogen-bond acceptors (Lipinski definition) is 3. The van der Waals surface area contributed by atoms with Gasteiger partial charge in [-0.2, -0.15) is 0 Å². The van der Waals surface area contributed by atoms with Crippen molar-refractivity contribution in [3.05, 3.63) is 59.9 Å². The summed E-state index contributed by atoms with van der Waals surface area (Å²) >= 11 is 0. The molecule has 122 valence electrons. The van der Waals surface area contributed by atoms with Crippen molar-refractivity contribution in [3.8, 4) is 5.75 Å². The maximum Gasteiger partial charge on any atom is 0.146 e. The molecule has 1 aliphatic rings. The second-order valence-electron chi connectivity index (χ2n) is 5.76. The molecule has 4 heteroatoms. The molecule has 0 atom stereocenters. The number of anilines is 1. The predicted molar refractivity (Wildman–Crippen MR) is 91.5 cm³/mol. The fourth-order valence-corrected chi connectivity index (χ4v) is 3.03. The minimum absolute atomic E-state index is 0.136. The van der Waals surface area contributed by atoms with Crippen LogP contribution in [0.25, 0.3) is 0 Å². The SMILES string of the molecule is CCOc1ccccc1CN1CCN(c2ccccc2F)CC1. The van der Waals surface area contributed by atoms with Crippen molar-refractivity contribution in [1.29, 1.82) is 0 Å². The zero-order valence-electron chi connectivity index (χ0n) is 13.5. The Hall–Kier alpha value is -2.07. The maximum atomic E-state index is 13.9. The van der Waals surface area contributed by atoms with E-state index in [1.54, 1.807) is 6.07 Å². The highest BCUT2D eigenvalue weighted by atomic mass is 19.1. The Morgan fingerprint density at radius 2 is 1.65 bits per heavy atom. The van der Waals surface area contributed by atoms with Gasteiger partial charge in [0.2, 0.25) is 0 Å². The highest BCUT2D eigenvalue weighted by Gasteiger charge is 2.20. The number of halogens is 1. The molecule has 0 bridgehead atoms. The Morgan fingerprint density at radius 1 is 0.957 bits per heavy atom. The fraction of sp³-hybridized carbons (Fsp3) is 0.368. The lowest BCUT2D eigenvalue weighted by Gasteiger charge is -2.36. The molecular weight excluding hydrogens is 291 g/mol. The molecule has 3 rings (SSSR count). The highest BCUT2D eigenvalue weighted by Crippen LogP contribution is 2.23. The van der Waals surface area contributed by atoms with E-state index in [-0.39, 0.29) is 5.82 Å². The summed E-state index contributed by atoms with van der Waals surface area (Å²) in [4.78, 5) is 4.52. The van der Waals surface area contributed by atoms with Crippen LogP contribution >= 0.6 is 0 Å². The van der Waals surface area contributed by atoms with E-state index in [2.05, 4.69) is 15.9 Å². The van der Waals surface area contributed by atoms with E-state index >= 15 is 0 Å². The molecule has 0 aromatic heterocycles. The Morgan fingerprint density at radius 3 is 2.39 bits per heavy atom. The van der Waals surface area contributed by atoms with Crippen LogP contribution in [0.2, 0.25) is 0 Å². The van der Waals surface area contributed by atoms with Gasteiger partial charge in [0.15, 0.2) is 0 Å². The maximum absolute atomic E-state index is 13.9. The number of nitrogens with zero attached hydrogens (tertiary/aromatic N) is 2. The van der Waals surface area contributed by atoms with E-state index in [1.165, 1.54) is 11.6 Å². The summed E-state index contributed by atoms with van der Waals surface area (Å²) in [5.74, 6) is 0.828. The van der Waals surface area contributed by atoms with E-state index in [0.717, 1.165) is 38.5 Å². The molecule has 0 spiro atoms. The molecule has 0 amide bonds. The second kappa shape index (κ2) is 7.47. The lowest BCUT2D eigenvalue weighted by atomic mass is 10.1. The van der Waals surface area contributed by atoms with Crippen molar-refractivity contribution >= 4 is 5.69 Å². The minimum atomic E-state index is -0.136. The van der Waals surface area contributed by atoms with Gasteiger partial charge in [-0.3, -0.25) is 4.90 Å². The number of piperazine rings is 1. The van der Waals surface area contributed by atoms with Gasteiger partial charge in [-0.05, 0) is 25.1 Å². The summed E-state index contributed by atoms with van der Waals surface area (Å²) in [5.41, 5.74) is 1.93. The second-order valence-corrected chi connectivity index (χ2v) is 5.76. The van der Waals surface area contributed by atoms with Crippen LogP contribution in [0, 0.1) is 5.82 Å². The van der Waals surface area contributed by atoms with Crippen molar-refractivity contribution < 1.29 is 9.13 Å². The molecule has 1 saturated heterocycles. The van der Waals surface area contributed by atoms with Gasteiger partial charge < -0.3 is 9.64 Å². The third-order valence-electron chi connectivity index (χ3n) is 4.23. The van der Waals surface area contributed by atoms with Gasteiger partial charge in [-0.15, -0.1) is 0 Å². The topological polar surface area (TPSA) is 15.7 Å². The van der Waals surface area contributed by atoms with Crippen LogP contribution in [-0.2, 0) is 6.54 Å². The molecule has 0 saturated carbocycles. The third-order valence-corrected chi connectivity index (χ3v) is 4.23. The van der Waals surface area contributed by atoms with E-state index in [9.17, 15) is 4.39 Å². The first-order chi connectivity index (χ1) is 11.3. The van der Waals surface area contributed by atoms with Crippen molar-refractivity contribution in [2.45, 2.75) is 13.5 Å². The van der Waals surface area contributed by atoms with Crippen molar-refractivity contribution in [2.24, 2.45) is 0 Å². The quantitative estimate of drug-likeness (QED) is 0.839. The first-order valence-corrected chi connectivity index (χ1v) is 8.20. The lowest BCUT2D eigenvalue weighted by Crippen LogP contribution is -2.46. The van der Waals surface area contributed by atoms with Gasteiger partial charge in [-0.25, -0.2) is 4.39 Å². The Labute approximate surface area is 137 Å². The smallest absolute Gasteiger partial charge is 0.146 e. The molecule has 1 aliphatic heterocycles. The number of para-hydroxylation sites is 2. The van der Waals surface area contributed by atoms with E-state index in [4.69, 9.17) is 4.74 Å². The van der Waals surface area contributed by atoms with Crippen molar-refractivity contribution in [3.63, 3.8) is 0 Å². The van der Waals surface area contributed by atoms with Crippen LogP contribution in [0.1, 0.15) is 12.5 Å². The van der Waals surface area contributed by atoms with Crippen LogP contribution in [0.5, 0.6) is 5.75 Å². The molecular formula is C19H23FN2O. The van der Waals surface area contributed by atoms with Gasteiger partial charge in [0.1, 0.15) is 11.6 Å². The summed E-state index contributed by atoms with van der Waals surface area (Å²) in [6, 6.07) is 15.2. The standard InChI is InChI=1S/C19H23FN2O/c1-2-23-19-10-6-3-7-16(19)15-21-11-13-22(14-12-21)18-9-5-4-8-17(18)20/h3-10H,2,11-15H2,1H3. The van der Waals surface area contributed by atoms with Crippen LogP contribution in [-0.4, -0.2) is 37.7 Å². The first kappa shape index (κ1) is 15.8. The molecule has 0 unspecified atom stereocenters. The first-order valence-electron chi connectivity index (χ1n) is 8.20. The molecule has 0 radical (unpaired) electrons. The Kier molecular flexibility index (Phi) is 5.13. The molecule has 3 nitrogen and oxygen atoms in total. The third kappa shape index (κ3) is 3.82. The van der Waals surface area contributed by atoms with Gasteiger partial charge >= 0.3 is 0 Å².